The number of rotatable bonds is 3. The van der Waals surface area contributed by atoms with E-state index in [0.717, 1.165) is 22.0 Å². The monoisotopic (exact) mass is 305 g/mol. The molecule has 0 radical (unpaired) electrons. The van der Waals surface area contributed by atoms with Gasteiger partial charge in [0.1, 0.15) is 11.5 Å². The van der Waals surface area contributed by atoms with Gasteiger partial charge in [0.25, 0.3) is 0 Å². The Morgan fingerprint density at radius 1 is 1.19 bits per heavy atom. The van der Waals surface area contributed by atoms with Crippen molar-refractivity contribution in [3.8, 4) is 11.5 Å². The van der Waals surface area contributed by atoms with E-state index in [1.54, 1.807) is 11.3 Å². The minimum absolute atomic E-state index is 0.0325. The summed E-state index contributed by atoms with van der Waals surface area (Å²) in [5.74, 6) is 7.23. The molecule has 114 valence electrons. The molecule has 0 unspecified atom stereocenters. The Kier molecular flexibility index (Phi) is 4.30. The van der Waals surface area contributed by atoms with Crippen LogP contribution in [0.4, 0.5) is 5.82 Å². The molecule has 0 saturated carbocycles. The van der Waals surface area contributed by atoms with Crippen molar-refractivity contribution in [2.45, 2.75) is 52.9 Å². The summed E-state index contributed by atoms with van der Waals surface area (Å²) in [5.41, 5.74) is 5.51. The molecule has 6 heteroatoms. The summed E-state index contributed by atoms with van der Waals surface area (Å²) in [4.78, 5) is 13.8. The van der Waals surface area contributed by atoms with Gasteiger partial charge in [0.2, 0.25) is 0 Å². The molecular weight excluding hydrogens is 282 g/mol. The third-order valence-electron chi connectivity index (χ3n) is 3.23. The van der Waals surface area contributed by atoms with Crippen LogP contribution < -0.4 is 11.3 Å². The van der Waals surface area contributed by atoms with E-state index in [1.165, 1.54) is 0 Å². The highest BCUT2D eigenvalue weighted by molar-refractivity contribution is 7.10. The van der Waals surface area contributed by atoms with Crippen LogP contribution in [-0.4, -0.2) is 15.0 Å². The van der Waals surface area contributed by atoms with Gasteiger partial charge in [-0.2, -0.15) is 0 Å². The van der Waals surface area contributed by atoms with Crippen molar-refractivity contribution >= 4 is 17.2 Å². The third-order valence-corrected chi connectivity index (χ3v) is 4.49. The van der Waals surface area contributed by atoms with E-state index in [-0.39, 0.29) is 5.41 Å². The van der Waals surface area contributed by atoms with Crippen LogP contribution in [0.1, 0.15) is 56.8 Å². The molecule has 3 N–H and O–H groups in total. The van der Waals surface area contributed by atoms with Gasteiger partial charge < -0.3 is 5.43 Å². The Morgan fingerprint density at radius 2 is 1.86 bits per heavy atom. The Bertz CT molecular complexity index is 640. The lowest BCUT2D eigenvalue weighted by atomic mass is 9.98. The molecule has 0 bridgehead atoms. The number of aromatic nitrogens is 3. The largest absolute Gasteiger partial charge is 0.308 e. The summed E-state index contributed by atoms with van der Waals surface area (Å²) in [6, 6.07) is 0. The number of thiazole rings is 1. The van der Waals surface area contributed by atoms with Gasteiger partial charge >= 0.3 is 0 Å². The molecule has 21 heavy (non-hydrogen) atoms. The molecule has 2 aromatic rings. The number of aryl methyl sites for hydroxylation is 1. The zero-order valence-corrected chi connectivity index (χ0v) is 14.3. The molecule has 0 aliphatic rings. The fourth-order valence-corrected chi connectivity index (χ4v) is 3.10. The Hall–Kier alpha value is -1.53. The molecule has 0 amide bonds. The molecule has 0 aliphatic heterocycles. The second-order valence-corrected chi connectivity index (χ2v) is 7.34. The summed E-state index contributed by atoms with van der Waals surface area (Å²) < 4.78 is 0. The molecule has 0 atom stereocenters. The zero-order chi connectivity index (χ0) is 15.8. The number of hydrazine groups is 1. The van der Waals surface area contributed by atoms with Crippen LogP contribution in [0.5, 0.6) is 0 Å². The fraction of sp³-hybridized carbons (Fsp3) is 0.533. The Morgan fingerprint density at radius 3 is 2.33 bits per heavy atom. The molecule has 0 fully saturated rings. The maximum absolute atomic E-state index is 5.62. The van der Waals surface area contributed by atoms with E-state index in [1.807, 2.05) is 12.3 Å². The van der Waals surface area contributed by atoms with Crippen molar-refractivity contribution in [3.05, 3.63) is 21.6 Å². The average Bonchev–Trinajstić information content (AvgIpc) is 2.86. The number of nitrogens with two attached hydrogens (primary N) is 1. The lowest BCUT2D eigenvalue weighted by molar-refractivity contribution is 0.586. The SMILES string of the molecule is Cc1nc(-c2csc(C(C)(C)C)n2)nc(NN)c1C(C)C. The summed E-state index contributed by atoms with van der Waals surface area (Å²) in [6.07, 6.45) is 0. The lowest BCUT2D eigenvalue weighted by Gasteiger charge is -2.15. The van der Waals surface area contributed by atoms with Gasteiger partial charge in [0.05, 0.1) is 5.01 Å². The van der Waals surface area contributed by atoms with Crippen LogP contribution in [-0.2, 0) is 5.41 Å². The number of anilines is 1. The Labute approximate surface area is 130 Å². The molecule has 0 saturated heterocycles. The van der Waals surface area contributed by atoms with Crippen LogP contribution in [0.15, 0.2) is 5.38 Å². The number of nitrogens with one attached hydrogen (secondary N) is 1. The van der Waals surface area contributed by atoms with Crippen LogP contribution in [0.25, 0.3) is 11.5 Å². The second-order valence-electron chi connectivity index (χ2n) is 6.48. The minimum Gasteiger partial charge on any atom is -0.308 e. The topological polar surface area (TPSA) is 76.7 Å². The first-order chi connectivity index (χ1) is 9.74. The molecule has 0 spiro atoms. The van der Waals surface area contributed by atoms with Gasteiger partial charge in [-0.25, -0.2) is 20.8 Å². The number of nitrogen functional groups attached to an aromatic ring is 1. The first-order valence-corrected chi connectivity index (χ1v) is 7.93. The predicted octanol–water partition coefficient (Wildman–Crippen LogP) is 3.62. The van der Waals surface area contributed by atoms with Gasteiger partial charge in [-0.3, -0.25) is 0 Å². The highest BCUT2D eigenvalue weighted by Crippen LogP contribution is 2.31. The standard InChI is InChI=1S/C15H23N5S/c1-8(2)11-9(3)17-12(19-13(11)20-16)10-7-21-14(18-10)15(4,5)6/h7-8H,16H2,1-6H3,(H,17,19,20). The van der Waals surface area contributed by atoms with E-state index in [2.05, 4.69) is 55.0 Å². The van der Waals surface area contributed by atoms with E-state index in [9.17, 15) is 0 Å². The van der Waals surface area contributed by atoms with Crippen LogP contribution in [0.3, 0.4) is 0 Å². The molecule has 5 nitrogen and oxygen atoms in total. The molecular formula is C15H23N5S. The van der Waals surface area contributed by atoms with Crippen molar-refractivity contribution in [3.63, 3.8) is 0 Å². The van der Waals surface area contributed by atoms with Gasteiger partial charge in [-0.1, -0.05) is 34.6 Å². The highest BCUT2D eigenvalue weighted by Gasteiger charge is 2.21. The molecule has 0 aliphatic carbocycles. The minimum atomic E-state index is 0.0325. The molecule has 2 rings (SSSR count). The van der Waals surface area contributed by atoms with E-state index in [4.69, 9.17) is 5.84 Å². The predicted molar refractivity (Wildman–Crippen MR) is 88.5 cm³/mol. The quantitative estimate of drug-likeness (QED) is 0.669. The summed E-state index contributed by atoms with van der Waals surface area (Å²) in [5, 5.41) is 3.08. The normalized spacial score (nSPS) is 12.0. The zero-order valence-electron chi connectivity index (χ0n) is 13.5. The number of hydrogen-bond acceptors (Lipinski definition) is 6. The van der Waals surface area contributed by atoms with Gasteiger partial charge in [0.15, 0.2) is 5.82 Å². The third kappa shape index (κ3) is 3.22. The first-order valence-electron chi connectivity index (χ1n) is 7.05. The average molecular weight is 305 g/mol. The summed E-state index contributed by atoms with van der Waals surface area (Å²) in [7, 11) is 0. The van der Waals surface area contributed by atoms with Crippen LogP contribution in [0, 0.1) is 6.92 Å². The second kappa shape index (κ2) is 5.69. The lowest BCUT2D eigenvalue weighted by Crippen LogP contribution is -2.15. The van der Waals surface area contributed by atoms with E-state index >= 15 is 0 Å². The maximum atomic E-state index is 5.62. The van der Waals surface area contributed by atoms with Crippen molar-refractivity contribution < 1.29 is 0 Å². The Balaban J connectivity index is 2.50. The number of hydrogen-bond donors (Lipinski definition) is 2. The molecule has 2 heterocycles. The highest BCUT2D eigenvalue weighted by atomic mass is 32.1. The van der Waals surface area contributed by atoms with Gasteiger partial charge in [0, 0.05) is 22.1 Å². The van der Waals surface area contributed by atoms with E-state index in [0.29, 0.717) is 17.6 Å². The molecule has 0 aromatic carbocycles. The van der Waals surface area contributed by atoms with Crippen LogP contribution >= 0.6 is 11.3 Å². The number of nitrogens with zero attached hydrogens (tertiary/aromatic N) is 3. The first kappa shape index (κ1) is 15.9. The summed E-state index contributed by atoms with van der Waals surface area (Å²) in [6.45, 7) is 12.6. The van der Waals surface area contributed by atoms with Crippen molar-refractivity contribution in [1.29, 1.82) is 0 Å². The van der Waals surface area contributed by atoms with Gasteiger partial charge in [-0.05, 0) is 12.8 Å². The van der Waals surface area contributed by atoms with E-state index < -0.39 is 0 Å². The van der Waals surface area contributed by atoms with Crippen molar-refractivity contribution in [1.82, 2.24) is 15.0 Å². The smallest absolute Gasteiger partial charge is 0.181 e. The maximum Gasteiger partial charge on any atom is 0.181 e. The van der Waals surface area contributed by atoms with Gasteiger partial charge in [-0.15, -0.1) is 11.3 Å². The summed E-state index contributed by atoms with van der Waals surface area (Å²) >= 11 is 1.64. The fourth-order valence-electron chi connectivity index (χ4n) is 2.22. The van der Waals surface area contributed by atoms with Crippen molar-refractivity contribution in [2.24, 2.45) is 5.84 Å². The van der Waals surface area contributed by atoms with Crippen molar-refractivity contribution in [2.75, 3.05) is 5.43 Å². The van der Waals surface area contributed by atoms with Crippen LogP contribution in [0.2, 0.25) is 0 Å². The molecule has 2 aromatic heterocycles.